The van der Waals surface area contributed by atoms with E-state index >= 15 is 0 Å². The summed E-state index contributed by atoms with van der Waals surface area (Å²) in [6.45, 7) is 7.92. The summed E-state index contributed by atoms with van der Waals surface area (Å²) in [5.74, 6) is 2.74. The van der Waals surface area contributed by atoms with E-state index in [2.05, 4.69) is 67.7 Å². The first-order chi connectivity index (χ1) is 10.1. The molecule has 0 saturated carbocycles. The summed E-state index contributed by atoms with van der Waals surface area (Å²) in [5, 5.41) is 2.70. The molecule has 106 valence electrons. The van der Waals surface area contributed by atoms with E-state index in [1.807, 2.05) is 0 Å². The molecule has 0 saturated heterocycles. The number of hydrogen-bond donors (Lipinski definition) is 0. The number of nitrogens with zero attached hydrogens (tertiary/aromatic N) is 1. The van der Waals surface area contributed by atoms with Crippen molar-refractivity contribution in [3.05, 3.63) is 42.0 Å². The Balaban J connectivity index is 2.17. The van der Waals surface area contributed by atoms with Gasteiger partial charge in [0.25, 0.3) is 0 Å². The third-order valence-corrected chi connectivity index (χ3v) is 4.84. The van der Waals surface area contributed by atoms with E-state index in [1.165, 1.54) is 27.7 Å². The molecule has 0 unspecified atom stereocenters. The lowest BCUT2D eigenvalue weighted by Crippen LogP contribution is -2.26. The van der Waals surface area contributed by atoms with Crippen molar-refractivity contribution >= 4 is 22.2 Å². The Hall–Kier alpha value is -2.07. The number of terminal acetylenes is 1. The highest BCUT2D eigenvalue weighted by molar-refractivity contribution is 6.01. The van der Waals surface area contributed by atoms with E-state index in [0.29, 0.717) is 0 Å². The topological polar surface area (TPSA) is 3.01 Å². The number of rotatable bonds is 3. The van der Waals surface area contributed by atoms with Gasteiger partial charge in [0, 0.05) is 31.4 Å². The average Bonchev–Trinajstić information content (AvgIpc) is 2.68. The molecular weight excluding hydrogens is 254 g/mol. The van der Waals surface area contributed by atoms with Crippen LogP contribution in [0, 0.1) is 12.3 Å². The molecule has 0 aliphatic carbocycles. The van der Waals surface area contributed by atoms with Crippen molar-refractivity contribution in [2.45, 2.75) is 39.0 Å². The van der Waals surface area contributed by atoms with Crippen LogP contribution in [0.1, 0.15) is 39.2 Å². The first-order valence-corrected chi connectivity index (χ1v) is 7.64. The molecule has 0 spiro atoms. The molecule has 1 aliphatic rings. The highest BCUT2D eigenvalue weighted by atomic mass is 15.1. The van der Waals surface area contributed by atoms with Crippen LogP contribution in [0.25, 0.3) is 10.8 Å². The van der Waals surface area contributed by atoms with Crippen LogP contribution in [0.3, 0.4) is 0 Å². The molecule has 1 heterocycles. The zero-order chi connectivity index (χ0) is 15.0. The molecule has 1 aliphatic heterocycles. The van der Waals surface area contributed by atoms with Crippen LogP contribution in [0.5, 0.6) is 0 Å². The lowest BCUT2D eigenvalue weighted by molar-refractivity contribution is -0.439. The zero-order valence-electron chi connectivity index (χ0n) is 13.1. The SMILES string of the molecule is C#CCCC[N+]1=C(C)C(C)(C)c2c1ccc1ccccc21. The van der Waals surface area contributed by atoms with Crippen molar-refractivity contribution in [3.8, 4) is 12.3 Å². The second-order valence-corrected chi connectivity index (χ2v) is 6.35. The highest BCUT2D eigenvalue weighted by Gasteiger charge is 2.43. The molecular formula is C20H22N+. The number of benzene rings is 2. The fourth-order valence-corrected chi connectivity index (χ4v) is 3.47. The quantitative estimate of drug-likeness (QED) is 0.436. The summed E-state index contributed by atoms with van der Waals surface area (Å²) in [4.78, 5) is 0. The van der Waals surface area contributed by atoms with Gasteiger partial charge in [-0.05, 0) is 30.7 Å². The molecule has 0 aromatic heterocycles. The molecule has 0 atom stereocenters. The van der Waals surface area contributed by atoms with Crippen molar-refractivity contribution in [3.63, 3.8) is 0 Å². The van der Waals surface area contributed by atoms with Crippen molar-refractivity contribution < 1.29 is 4.58 Å². The summed E-state index contributed by atoms with van der Waals surface area (Å²) in [5.41, 5.74) is 4.31. The maximum atomic E-state index is 5.39. The van der Waals surface area contributed by atoms with Crippen molar-refractivity contribution in [2.75, 3.05) is 6.54 Å². The van der Waals surface area contributed by atoms with Crippen LogP contribution in [0.4, 0.5) is 5.69 Å². The van der Waals surface area contributed by atoms with Gasteiger partial charge in [0.05, 0.1) is 5.41 Å². The average molecular weight is 276 g/mol. The molecule has 2 aromatic carbocycles. The third kappa shape index (κ3) is 2.07. The standard InChI is InChI=1S/C20H22N/c1-5-6-9-14-21-15(2)20(3,4)19-17-11-8-7-10-16(17)12-13-18(19)21/h1,7-8,10-13H,6,9,14H2,2-4H3/q+1. The number of unbranched alkanes of at least 4 members (excludes halogenated alkanes) is 1. The van der Waals surface area contributed by atoms with Crippen LogP contribution in [-0.4, -0.2) is 16.8 Å². The summed E-state index contributed by atoms with van der Waals surface area (Å²) >= 11 is 0. The molecule has 0 N–H and O–H groups in total. The first kappa shape index (κ1) is 13.9. The van der Waals surface area contributed by atoms with Crippen LogP contribution in [0.15, 0.2) is 36.4 Å². The maximum Gasteiger partial charge on any atom is 0.210 e. The minimum atomic E-state index is 0.0757. The van der Waals surface area contributed by atoms with Crippen molar-refractivity contribution in [1.29, 1.82) is 0 Å². The van der Waals surface area contributed by atoms with Gasteiger partial charge in [-0.1, -0.05) is 24.3 Å². The molecule has 1 heteroatoms. The van der Waals surface area contributed by atoms with E-state index in [1.54, 1.807) is 0 Å². The second-order valence-electron chi connectivity index (χ2n) is 6.35. The molecule has 3 rings (SSSR count). The van der Waals surface area contributed by atoms with Crippen LogP contribution >= 0.6 is 0 Å². The van der Waals surface area contributed by atoms with Gasteiger partial charge in [-0.2, -0.15) is 4.58 Å². The summed E-state index contributed by atoms with van der Waals surface area (Å²) in [6.07, 6.45) is 7.27. The van der Waals surface area contributed by atoms with Gasteiger partial charge in [-0.25, -0.2) is 0 Å². The van der Waals surface area contributed by atoms with Gasteiger partial charge >= 0.3 is 0 Å². The molecule has 2 aromatic rings. The Morgan fingerprint density at radius 1 is 1.14 bits per heavy atom. The molecule has 0 bridgehead atoms. The highest BCUT2D eigenvalue weighted by Crippen LogP contribution is 2.43. The minimum Gasteiger partial charge on any atom is -0.199 e. The van der Waals surface area contributed by atoms with E-state index in [0.717, 1.165) is 19.4 Å². The van der Waals surface area contributed by atoms with Gasteiger partial charge in [0.1, 0.15) is 6.54 Å². The normalized spacial score (nSPS) is 16.1. The third-order valence-electron chi connectivity index (χ3n) is 4.84. The van der Waals surface area contributed by atoms with Crippen molar-refractivity contribution in [2.24, 2.45) is 0 Å². The Morgan fingerprint density at radius 3 is 2.67 bits per heavy atom. The molecule has 0 amide bonds. The minimum absolute atomic E-state index is 0.0757. The fourth-order valence-electron chi connectivity index (χ4n) is 3.47. The van der Waals surface area contributed by atoms with Crippen LogP contribution in [-0.2, 0) is 5.41 Å². The van der Waals surface area contributed by atoms with Crippen LogP contribution < -0.4 is 0 Å². The largest absolute Gasteiger partial charge is 0.210 e. The predicted molar refractivity (Wildman–Crippen MR) is 90.5 cm³/mol. The van der Waals surface area contributed by atoms with Gasteiger partial charge in [-0.15, -0.1) is 12.3 Å². The van der Waals surface area contributed by atoms with E-state index in [9.17, 15) is 0 Å². The number of hydrogen-bond acceptors (Lipinski definition) is 0. The Kier molecular flexibility index (Phi) is 3.33. The Bertz CT molecular complexity index is 772. The van der Waals surface area contributed by atoms with Crippen molar-refractivity contribution in [1.82, 2.24) is 0 Å². The maximum absolute atomic E-state index is 5.39. The van der Waals surface area contributed by atoms with Gasteiger partial charge < -0.3 is 0 Å². The summed E-state index contributed by atoms with van der Waals surface area (Å²) in [7, 11) is 0. The molecule has 0 fully saturated rings. The lowest BCUT2D eigenvalue weighted by atomic mass is 9.80. The molecule has 1 nitrogen and oxygen atoms in total. The lowest BCUT2D eigenvalue weighted by Gasteiger charge is -2.17. The zero-order valence-corrected chi connectivity index (χ0v) is 13.1. The van der Waals surface area contributed by atoms with Gasteiger partial charge in [-0.3, -0.25) is 0 Å². The van der Waals surface area contributed by atoms with Gasteiger partial charge in [0.15, 0.2) is 5.71 Å². The smallest absolute Gasteiger partial charge is 0.199 e. The number of fused-ring (bicyclic) bond motifs is 3. The predicted octanol–water partition coefficient (Wildman–Crippen LogP) is 4.65. The monoisotopic (exact) mass is 276 g/mol. The second kappa shape index (κ2) is 5.04. The van der Waals surface area contributed by atoms with E-state index in [4.69, 9.17) is 6.42 Å². The Labute approximate surface area is 127 Å². The van der Waals surface area contributed by atoms with Gasteiger partial charge in [0.2, 0.25) is 5.69 Å². The van der Waals surface area contributed by atoms with E-state index in [-0.39, 0.29) is 5.41 Å². The Morgan fingerprint density at radius 2 is 1.90 bits per heavy atom. The first-order valence-electron chi connectivity index (χ1n) is 7.64. The molecule has 0 radical (unpaired) electrons. The van der Waals surface area contributed by atoms with E-state index < -0.39 is 0 Å². The summed E-state index contributed by atoms with van der Waals surface area (Å²) < 4.78 is 2.46. The molecule has 21 heavy (non-hydrogen) atoms. The van der Waals surface area contributed by atoms with Crippen LogP contribution in [0.2, 0.25) is 0 Å². The summed E-state index contributed by atoms with van der Waals surface area (Å²) in [6, 6.07) is 13.2. The fraction of sp³-hybridized carbons (Fsp3) is 0.350.